The molecule has 1 amide bonds. The van der Waals surface area contributed by atoms with Gasteiger partial charge in [0, 0.05) is 55.7 Å². The highest BCUT2D eigenvalue weighted by atomic mass is 32.2. The second-order valence-corrected chi connectivity index (χ2v) is 12.2. The summed E-state index contributed by atoms with van der Waals surface area (Å²) in [4.78, 5) is 22.2. The molecule has 0 spiro atoms. The number of likely N-dealkylation sites (N-methyl/N-ethyl adjacent to an activating group) is 1. The zero-order valence-electron chi connectivity index (χ0n) is 20.8. The molecule has 3 N–H and O–H groups in total. The van der Waals surface area contributed by atoms with Gasteiger partial charge in [0.2, 0.25) is 5.91 Å². The highest BCUT2D eigenvalue weighted by Crippen LogP contribution is 2.33. The van der Waals surface area contributed by atoms with Crippen LogP contribution in [0.5, 0.6) is 0 Å². The van der Waals surface area contributed by atoms with Gasteiger partial charge in [-0.15, -0.1) is 11.3 Å². The number of carbonyl (C=O) groups is 1. The first kappa shape index (κ1) is 25.7. The summed E-state index contributed by atoms with van der Waals surface area (Å²) in [7, 11) is -1.67. The summed E-state index contributed by atoms with van der Waals surface area (Å²) in [6.07, 6.45) is 7.61. The van der Waals surface area contributed by atoms with Crippen molar-refractivity contribution < 1.29 is 13.2 Å². The maximum atomic E-state index is 13.3. The highest BCUT2D eigenvalue weighted by molar-refractivity contribution is 7.92. The van der Waals surface area contributed by atoms with Crippen molar-refractivity contribution >= 4 is 50.5 Å². The maximum absolute atomic E-state index is 13.3. The second-order valence-electron chi connectivity index (χ2n) is 9.00. The molecular formula is C27H28N6O3S2. The molecule has 11 heteroatoms. The Kier molecular flexibility index (Phi) is 7.32. The van der Waals surface area contributed by atoms with E-state index < -0.39 is 10.0 Å². The van der Waals surface area contributed by atoms with E-state index in [0.29, 0.717) is 16.9 Å². The van der Waals surface area contributed by atoms with E-state index in [4.69, 9.17) is 5.73 Å². The topological polar surface area (TPSA) is 114 Å². The minimum atomic E-state index is -3.78. The molecule has 0 aliphatic carbocycles. The Morgan fingerprint density at radius 3 is 2.66 bits per heavy atom. The van der Waals surface area contributed by atoms with E-state index in [-0.39, 0.29) is 10.1 Å². The summed E-state index contributed by atoms with van der Waals surface area (Å²) in [6.45, 7) is 3.77. The van der Waals surface area contributed by atoms with Crippen LogP contribution in [0.3, 0.4) is 0 Å². The van der Waals surface area contributed by atoms with Crippen LogP contribution < -0.4 is 16.0 Å². The molecule has 9 nitrogen and oxygen atoms in total. The first-order valence-electron chi connectivity index (χ1n) is 12.1. The average molecular weight is 549 g/mol. The summed E-state index contributed by atoms with van der Waals surface area (Å²) in [5, 5.41) is 2.70. The zero-order chi connectivity index (χ0) is 26.7. The number of rotatable bonds is 7. The molecule has 1 aliphatic rings. The van der Waals surface area contributed by atoms with E-state index in [0.717, 1.165) is 46.4 Å². The van der Waals surface area contributed by atoms with Crippen LogP contribution in [0.15, 0.2) is 83.5 Å². The Balaban J connectivity index is 1.29. The molecule has 0 unspecified atom stereocenters. The van der Waals surface area contributed by atoms with Gasteiger partial charge in [-0.1, -0.05) is 12.1 Å². The van der Waals surface area contributed by atoms with Crippen LogP contribution >= 0.6 is 11.3 Å². The molecule has 196 valence electrons. The number of amides is 1. The summed E-state index contributed by atoms with van der Waals surface area (Å²) in [5.74, 6) is 0.531. The SMILES string of the molecule is CN1CCN(c2cc(-c3ccc(S(=O)(=O)n4ccc(C=CC(=O)Nc5ccccc5N)c4)s3)ccn2)CC1. The average Bonchev–Trinajstić information content (AvgIpc) is 3.61. The molecule has 5 rings (SSSR count). The maximum Gasteiger partial charge on any atom is 0.277 e. The number of thiophene rings is 1. The number of nitrogens with zero attached hydrogens (tertiary/aromatic N) is 4. The largest absolute Gasteiger partial charge is 0.397 e. The first-order chi connectivity index (χ1) is 18.3. The molecule has 0 bridgehead atoms. The van der Waals surface area contributed by atoms with E-state index in [2.05, 4.69) is 27.1 Å². The van der Waals surface area contributed by atoms with Crippen molar-refractivity contribution in [2.24, 2.45) is 0 Å². The van der Waals surface area contributed by atoms with E-state index >= 15 is 0 Å². The van der Waals surface area contributed by atoms with Gasteiger partial charge in [0.15, 0.2) is 0 Å². The standard InChI is InChI=1S/C27H28N6O3S2/c1-31-14-16-32(17-15-31)25-18-21(10-12-29-25)24-7-9-27(37-24)38(35,36)33-13-11-20(19-33)6-8-26(34)30-23-5-3-2-4-22(23)28/h2-13,18-19H,14-17,28H2,1H3,(H,30,34). The summed E-state index contributed by atoms with van der Waals surface area (Å²) in [6, 6.07) is 16.0. The fourth-order valence-electron chi connectivity index (χ4n) is 4.10. The zero-order valence-corrected chi connectivity index (χ0v) is 22.5. The van der Waals surface area contributed by atoms with Crippen LogP contribution in [-0.2, 0) is 14.8 Å². The fourth-order valence-corrected chi connectivity index (χ4v) is 6.71. The number of anilines is 3. The van der Waals surface area contributed by atoms with E-state index in [9.17, 15) is 13.2 Å². The summed E-state index contributed by atoms with van der Waals surface area (Å²) in [5.41, 5.74) is 8.34. The highest BCUT2D eigenvalue weighted by Gasteiger charge is 2.21. The smallest absolute Gasteiger partial charge is 0.277 e. The van der Waals surface area contributed by atoms with Crippen molar-refractivity contribution in [3.8, 4) is 10.4 Å². The van der Waals surface area contributed by atoms with Crippen LogP contribution in [0.4, 0.5) is 17.2 Å². The number of benzene rings is 1. The third kappa shape index (κ3) is 5.64. The summed E-state index contributed by atoms with van der Waals surface area (Å²) >= 11 is 1.22. The molecule has 0 saturated carbocycles. The van der Waals surface area contributed by atoms with E-state index in [1.807, 2.05) is 18.2 Å². The van der Waals surface area contributed by atoms with Gasteiger partial charge in [-0.25, -0.2) is 8.96 Å². The molecule has 1 aromatic carbocycles. The lowest BCUT2D eigenvalue weighted by molar-refractivity contribution is -0.111. The van der Waals surface area contributed by atoms with Crippen molar-refractivity contribution in [3.05, 3.63) is 84.8 Å². The van der Waals surface area contributed by atoms with Gasteiger partial charge in [-0.2, -0.15) is 8.42 Å². The Morgan fingerprint density at radius 1 is 1.08 bits per heavy atom. The first-order valence-corrected chi connectivity index (χ1v) is 14.3. The monoisotopic (exact) mass is 548 g/mol. The van der Waals surface area contributed by atoms with E-state index in [1.165, 1.54) is 29.8 Å². The molecule has 0 radical (unpaired) electrons. The molecule has 1 fully saturated rings. The van der Waals surface area contributed by atoms with Gasteiger partial charge in [-0.3, -0.25) is 4.79 Å². The van der Waals surface area contributed by atoms with Gasteiger partial charge >= 0.3 is 0 Å². The van der Waals surface area contributed by atoms with Gasteiger partial charge < -0.3 is 20.9 Å². The number of nitrogens with two attached hydrogens (primary N) is 1. The number of hydrogen-bond acceptors (Lipinski definition) is 8. The quantitative estimate of drug-likeness (QED) is 0.267. The molecule has 0 atom stereocenters. The summed E-state index contributed by atoms with van der Waals surface area (Å²) < 4.78 is 28.0. The predicted octanol–water partition coefficient (Wildman–Crippen LogP) is 3.83. The van der Waals surface area contributed by atoms with Gasteiger partial charge in [0.05, 0.1) is 11.4 Å². The lowest BCUT2D eigenvalue weighted by Crippen LogP contribution is -2.44. The van der Waals surface area contributed by atoms with Crippen LogP contribution in [0.2, 0.25) is 0 Å². The van der Waals surface area contributed by atoms with Crippen molar-refractivity contribution in [2.75, 3.05) is 49.2 Å². The van der Waals surface area contributed by atoms with Gasteiger partial charge in [0.1, 0.15) is 10.0 Å². The molecule has 4 heterocycles. The number of piperazine rings is 1. The van der Waals surface area contributed by atoms with Gasteiger partial charge in [-0.05, 0) is 66.7 Å². The number of aromatic nitrogens is 2. The predicted molar refractivity (Wildman–Crippen MR) is 153 cm³/mol. The lowest BCUT2D eigenvalue weighted by Gasteiger charge is -2.33. The van der Waals surface area contributed by atoms with Crippen molar-refractivity contribution in [1.82, 2.24) is 13.9 Å². The molecule has 3 aromatic heterocycles. The number of carbonyl (C=O) groups excluding carboxylic acids is 1. The Morgan fingerprint density at radius 2 is 1.87 bits per heavy atom. The Bertz CT molecular complexity index is 1580. The third-order valence-electron chi connectivity index (χ3n) is 6.31. The number of para-hydroxylation sites is 2. The van der Waals surface area contributed by atoms with Crippen LogP contribution in [0, 0.1) is 0 Å². The normalized spacial score (nSPS) is 14.7. The third-order valence-corrected chi connectivity index (χ3v) is 9.54. The molecule has 1 saturated heterocycles. The van der Waals surface area contributed by atoms with Crippen molar-refractivity contribution in [1.29, 1.82) is 0 Å². The van der Waals surface area contributed by atoms with E-state index in [1.54, 1.807) is 48.7 Å². The lowest BCUT2D eigenvalue weighted by atomic mass is 10.2. The number of nitrogen functional groups attached to an aromatic ring is 1. The molecule has 1 aliphatic heterocycles. The minimum Gasteiger partial charge on any atom is -0.397 e. The second kappa shape index (κ2) is 10.8. The van der Waals surface area contributed by atoms with Crippen molar-refractivity contribution in [2.45, 2.75) is 4.21 Å². The van der Waals surface area contributed by atoms with Crippen LogP contribution in [-0.4, -0.2) is 61.4 Å². The minimum absolute atomic E-state index is 0.230. The number of nitrogens with one attached hydrogen (secondary N) is 1. The molecule has 4 aromatic rings. The Hall–Kier alpha value is -3.93. The van der Waals surface area contributed by atoms with Gasteiger partial charge in [0.25, 0.3) is 10.0 Å². The Labute approximate surface area is 225 Å². The molecule has 38 heavy (non-hydrogen) atoms. The number of hydrogen-bond donors (Lipinski definition) is 2. The van der Waals surface area contributed by atoms with Crippen LogP contribution in [0.1, 0.15) is 5.56 Å². The number of pyridine rings is 1. The van der Waals surface area contributed by atoms with Crippen LogP contribution in [0.25, 0.3) is 16.5 Å². The van der Waals surface area contributed by atoms with Crippen molar-refractivity contribution in [3.63, 3.8) is 0 Å². The fraction of sp³-hybridized carbons (Fsp3) is 0.185. The molecular weight excluding hydrogens is 520 g/mol.